The third kappa shape index (κ3) is 5.61. The van der Waals surface area contributed by atoms with Crippen molar-refractivity contribution < 1.29 is 41.4 Å². The fraction of sp³-hybridized carbons (Fsp3) is 0.240. The first kappa shape index (κ1) is 25.1. The highest BCUT2D eigenvalue weighted by molar-refractivity contribution is 6.00. The second-order valence-electron chi connectivity index (χ2n) is 8.41. The summed E-state index contributed by atoms with van der Waals surface area (Å²) in [7, 11) is 0. The molecule has 11 heteroatoms. The number of halogens is 5. The van der Waals surface area contributed by atoms with Gasteiger partial charge in [-0.05, 0) is 47.7 Å². The maximum Gasteiger partial charge on any atom is 0.573 e. The lowest BCUT2D eigenvalue weighted by Gasteiger charge is -2.13. The molecule has 2 aromatic carbocycles. The first-order chi connectivity index (χ1) is 16.8. The Morgan fingerprint density at radius 1 is 1.06 bits per heavy atom. The Morgan fingerprint density at radius 3 is 2.39 bits per heavy atom. The number of pyridine rings is 1. The van der Waals surface area contributed by atoms with Crippen LogP contribution in [0.15, 0.2) is 60.8 Å². The van der Waals surface area contributed by atoms with Gasteiger partial charge in [-0.3, -0.25) is 9.78 Å². The molecular formula is C25H19F5N2O4. The van der Waals surface area contributed by atoms with E-state index >= 15 is 0 Å². The Morgan fingerprint density at radius 2 is 1.78 bits per heavy atom. The number of carboxylic acids is 1. The fourth-order valence-electron chi connectivity index (χ4n) is 3.93. The number of anilines is 1. The van der Waals surface area contributed by atoms with Gasteiger partial charge in [0.1, 0.15) is 11.4 Å². The lowest BCUT2D eigenvalue weighted by molar-refractivity contribution is -0.274. The van der Waals surface area contributed by atoms with Crippen molar-refractivity contribution in [2.24, 2.45) is 5.92 Å². The van der Waals surface area contributed by atoms with Crippen LogP contribution in [0.25, 0.3) is 11.1 Å². The maximum absolute atomic E-state index is 13.4. The zero-order valence-electron chi connectivity index (χ0n) is 18.6. The molecule has 3 aromatic rings. The SMILES string of the molecule is CC(F)(F)c1ccc(-c2ccc(NC(=O)C3CC3c3ccccc3OC(F)(F)F)cc2C(=O)O)cn1. The van der Waals surface area contributed by atoms with Crippen molar-refractivity contribution >= 4 is 17.6 Å². The highest BCUT2D eigenvalue weighted by Gasteiger charge is 2.46. The van der Waals surface area contributed by atoms with Crippen LogP contribution in [0, 0.1) is 5.92 Å². The molecule has 1 amide bonds. The second-order valence-corrected chi connectivity index (χ2v) is 8.41. The molecule has 2 N–H and O–H groups in total. The number of alkyl halides is 5. The van der Waals surface area contributed by atoms with Crippen LogP contribution in [0.2, 0.25) is 0 Å². The minimum atomic E-state index is -4.87. The molecule has 0 aliphatic heterocycles. The molecule has 0 saturated heterocycles. The van der Waals surface area contributed by atoms with E-state index in [2.05, 4.69) is 15.0 Å². The van der Waals surface area contributed by atoms with Crippen molar-refractivity contribution in [3.05, 3.63) is 77.6 Å². The Bertz CT molecular complexity index is 1300. The van der Waals surface area contributed by atoms with Crippen molar-refractivity contribution in [2.75, 3.05) is 5.32 Å². The molecule has 1 heterocycles. The molecular weight excluding hydrogens is 487 g/mol. The summed E-state index contributed by atoms with van der Waals surface area (Å²) in [6.07, 6.45) is -3.43. The molecule has 0 spiro atoms. The number of amides is 1. The molecule has 188 valence electrons. The molecule has 1 aromatic heterocycles. The maximum atomic E-state index is 13.4. The quantitative estimate of drug-likeness (QED) is 0.373. The van der Waals surface area contributed by atoms with Crippen LogP contribution in [0.4, 0.5) is 27.6 Å². The van der Waals surface area contributed by atoms with Crippen molar-refractivity contribution in [1.82, 2.24) is 4.98 Å². The summed E-state index contributed by atoms with van der Waals surface area (Å²) in [5, 5.41) is 12.2. The molecule has 0 radical (unpaired) electrons. The third-order valence-electron chi connectivity index (χ3n) is 5.71. The molecule has 2 atom stereocenters. The molecule has 36 heavy (non-hydrogen) atoms. The summed E-state index contributed by atoms with van der Waals surface area (Å²) in [5.41, 5.74) is 0.264. The van der Waals surface area contributed by atoms with E-state index in [1.54, 1.807) is 6.07 Å². The predicted octanol–water partition coefficient (Wildman–Crippen LogP) is 6.20. The monoisotopic (exact) mass is 506 g/mol. The second kappa shape index (κ2) is 9.21. The number of hydrogen-bond acceptors (Lipinski definition) is 4. The van der Waals surface area contributed by atoms with Crippen LogP contribution >= 0.6 is 0 Å². The van der Waals surface area contributed by atoms with Gasteiger partial charge in [-0.2, -0.15) is 8.78 Å². The average Bonchev–Trinajstić information content (AvgIpc) is 3.59. The van der Waals surface area contributed by atoms with Gasteiger partial charge in [0.2, 0.25) is 5.91 Å². The van der Waals surface area contributed by atoms with Crippen LogP contribution in [0.5, 0.6) is 5.75 Å². The average molecular weight is 506 g/mol. The van der Waals surface area contributed by atoms with Crippen LogP contribution in [0.1, 0.15) is 40.9 Å². The zero-order valence-corrected chi connectivity index (χ0v) is 18.6. The van der Waals surface area contributed by atoms with Crippen LogP contribution < -0.4 is 10.1 Å². The number of hydrogen-bond donors (Lipinski definition) is 2. The molecule has 6 nitrogen and oxygen atoms in total. The van der Waals surface area contributed by atoms with Crippen molar-refractivity contribution in [2.45, 2.75) is 31.5 Å². The minimum absolute atomic E-state index is 0.163. The molecule has 4 rings (SSSR count). The van der Waals surface area contributed by atoms with E-state index in [9.17, 15) is 36.6 Å². The highest BCUT2D eigenvalue weighted by atomic mass is 19.4. The first-order valence-electron chi connectivity index (χ1n) is 10.7. The van der Waals surface area contributed by atoms with Crippen molar-refractivity contribution in [3.8, 4) is 16.9 Å². The summed E-state index contributed by atoms with van der Waals surface area (Å²) in [4.78, 5) is 28.3. The predicted molar refractivity (Wildman–Crippen MR) is 119 cm³/mol. The Kier molecular flexibility index (Phi) is 6.42. The summed E-state index contributed by atoms with van der Waals surface area (Å²) in [5.74, 6) is -6.42. The minimum Gasteiger partial charge on any atom is -0.478 e. The lowest BCUT2D eigenvalue weighted by atomic mass is 9.99. The number of carboxylic acid groups (broad SMARTS) is 1. The highest BCUT2D eigenvalue weighted by Crippen LogP contribution is 2.51. The summed E-state index contributed by atoms with van der Waals surface area (Å²) in [6.45, 7) is 0.696. The first-order valence-corrected chi connectivity index (χ1v) is 10.7. The van der Waals surface area contributed by atoms with Gasteiger partial charge in [0.15, 0.2) is 0 Å². The number of carbonyl (C=O) groups excluding carboxylic acids is 1. The Balaban J connectivity index is 1.51. The molecule has 1 aliphatic rings. The Hall–Kier alpha value is -4.02. The van der Waals surface area contributed by atoms with Gasteiger partial charge in [0, 0.05) is 30.3 Å². The zero-order chi connectivity index (χ0) is 26.3. The van der Waals surface area contributed by atoms with Crippen LogP contribution in [-0.2, 0) is 10.7 Å². The van der Waals surface area contributed by atoms with Gasteiger partial charge in [-0.1, -0.05) is 30.3 Å². The van der Waals surface area contributed by atoms with Gasteiger partial charge in [0.05, 0.1) is 5.56 Å². The summed E-state index contributed by atoms with van der Waals surface area (Å²) >= 11 is 0. The summed E-state index contributed by atoms with van der Waals surface area (Å²) < 4.78 is 69.0. The van der Waals surface area contributed by atoms with E-state index in [1.807, 2.05) is 0 Å². The molecule has 2 unspecified atom stereocenters. The standard InChI is InChI=1S/C25H19F5N2O4/c1-24(26,27)21-9-6-13(12-31-21)15-8-7-14(10-19(15)23(34)35)32-22(33)18-11-17(18)16-4-2-3-5-20(16)36-25(28,29)30/h2-10,12,17-18H,11H2,1H3,(H,32,33)(H,34,35). The number of benzene rings is 2. The van der Waals surface area contributed by atoms with E-state index in [1.165, 1.54) is 42.5 Å². The molecule has 1 aliphatic carbocycles. The van der Waals surface area contributed by atoms with Crippen molar-refractivity contribution in [3.63, 3.8) is 0 Å². The van der Waals surface area contributed by atoms with Gasteiger partial charge >= 0.3 is 12.3 Å². The van der Waals surface area contributed by atoms with E-state index < -0.39 is 41.7 Å². The van der Waals surface area contributed by atoms with E-state index in [0.717, 1.165) is 12.3 Å². The van der Waals surface area contributed by atoms with Gasteiger partial charge in [-0.25, -0.2) is 4.79 Å². The van der Waals surface area contributed by atoms with Crippen LogP contribution in [-0.4, -0.2) is 28.3 Å². The number of carbonyl (C=O) groups is 2. The number of aromatic nitrogens is 1. The number of nitrogens with one attached hydrogen (secondary N) is 1. The molecule has 1 fully saturated rings. The number of nitrogens with zero attached hydrogens (tertiary/aromatic N) is 1. The molecule has 1 saturated carbocycles. The van der Waals surface area contributed by atoms with Crippen molar-refractivity contribution in [1.29, 1.82) is 0 Å². The normalized spacial score (nSPS) is 17.4. The summed E-state index contributed by atoms with van der Waals surface area (Å²) in [6, 6.07) is 12.1. The van der Waals surface area contributed by atoms with Gasteiger partial charge < -0.3 is 15.2 Å². The van der Waals surface area contributed by atoms with E-state index in [-0.39, 0.29) is 28.1 Å². The molecule has 0 bridgehead atoms. The number of ether oxygens (including phenoxy) is 1. The fourth-order valence-corrected chi connectivity index (χ4v) is 3.93. The topological polar surface area (TPSA) is 88.5 Å². The third-order valence-corrected chi connectivity index (χ3v) is 5.71. The lowest BCUT2D eigenvalue weighted by Crippen LogP contribution is -2.18. The number of rotatable bonds is 7. The number of aromatic carboxylic acids is 1. The largest absolute Gasteiger partial charge is 0.573 e. The van der Waals surface area contributed by atoms with Crippen LogP contribution in [0.3, 0.4) is 0 Å². The smallest absolute Gasteiger partial charge is 0.478 e. The Labute approximate surface area is 201 Å². The van der Waals surface area contributed by atoms with E-state index in [0.29, 0.717) is 18.9 Å². The van der Waals surface area contributed by atoms with E-state index in [4.69, 9.17) is 0 Å². The van der Waals surface area contributed by atoms with Gasteiger partial charge in [0.25, 0.3) is 5.92 Å². The van der Waals surface area contributed by atoms with Gasteiger partial charge in [-0.15, -0.1) is 13.2 Å². The number of para-hydroxylation sites is 1.